The molecule has 1 heterocycles. The van der Waals surface area contributed by atoms with Crippen molar-refractivity contribution in [1.82, 2.24) is 15.3 Å². The van der Waals surface area contributed by atoms with Gasteiger partial charge in [0, 0.05) is 12.2 Å². The molecule has 1 amide bonds. The summed E-state index contributed by atoms with van der Waals surface area (Å²) >= 11 is 5.69. The molecule has 0 aromatic carbocycles. The Balaban J connectivity index is 2.01. The predicted molar refractivity (Wildman–Crippen MR) is 67.5 cm³/mol. The van der Waals surface area contributed by atoms with Gasteiger partial charge >= 0.3 is 0 Å². The Labute approximate surface area is 111 Å². The predicted octanol–water partition coefficient (Wildman–Crippen LogP) is 1.47. The van der Waals surface area contributed by atoms with E-state index in [0.29, 0.717) is 11.3 Å². The smallest absolute Gasteiger partial charge is 0.270 e. The fourth-order valence-corrected chi connectivity index (χ4v) is 2.26. The molecule has 18 heavy (non-hydrogen) atoms. The van der Waals surface area contributed by atoms with Crippen LogP contribution in [-0.4, -0.2) is 33.1 Å². The number of hydrogen-bond donors (Lipinski definition) is 2. The molecule has 0 atom stereocenters. The van der Waals surface area contributed by atoms with Gasteiger partial charge in [-0.05, 0) is 49.8 Å². The van der Waals surface area contributed by atoms with Gasteiger partial charge in [-0.1, -0.05) is 0 Å². The average Bonchev–Trinajstić information content (AvgIpc) is 2.35. The lowest BCUT2D eigenvalue weighted by Gasteiger charge is -2.26. The topological polar surface area (TPSA) is 75.1 Å². The molecule has 1 aliphatic rings. The third kappa shape index (κ3) is 3.17. The number of carbonyl (C=O) groups excluding carboxylic acids is 1. The van der Waals surface area contributed by atoms with Crippen molar-refractivity contribution in [3.8, 4) is 0 Å². The minimum atomic E-state index is -0.228. The van der Waals surface area contributed by atoms with E-state index in [2.05, 4.69) is 15.3 Å². The fourth-order valence-electron chi connectivity index (χ4n) is 2.12. The van der Waals surface area contributed by atoms with Crippen molar-refractivity contribution in [1.29, 1.82) is 0 Å². The van der Waals surface area contributed by atoms with Gasteiger partial charge in [0.15, 0.2) is 0 Å². The van der Waals surface area contributed by atoms with Crippen LogP contribution < -0.4 is 5.32 Å². The molecule has 0 unspecified atom stereocenters. The van der Waals surface area contributed by atoms with Crippen LogP contribution in [0.3, 0.4) is 0 Å². The zero-order valence-corrected chi connectivity index (χ0v) is 10.9. The Kier molecular flexibility index (Phi) is 4.14. The molecule has 98 valence electrons. The molecule has 0 saturated heterocycles. The number of aryl methyl sites for hydroxylation is 1. The summed E-state index contributed by atoms with van der Waals surface area (Å²) in [7, 11) is 0. The molecule has 2 rings (SSSR count). The van der Waals surface area contributed by atoms with E-state index in [1.807, 2.05) is 0 Å². The Bertz CT molecular complexity index is 445. The molecule has 0 aliphatic heterocycles. The third-order valence-electron chi connectivity index (χ3n) is 3.19. The van der Waals surface area contributed by atoms with Crippen LogP contribution in [-0.2, 0) is 0 Å². The molecule has 1 fully saturated rings. The van der Waals surface area contributed by atoms with Crippen LogP contribution in [0.15, 0.2) is 6.20 Å². The van der Waals surface area contributed by atoms with Crippen molar-refractivity contribution in [2.24, 2.45) is 0 Å². The number of nitrogens with zero attached hydrogens (tertiary/aromatic N) is 2. The van der Waals surface area contributed by atoms with Gasteiger partial charge in [0.1, 0.15) is 5.69 Å². The Hall–Kier alpha value is -1.20. The van der Waals surface area contributed by atoms with Crippen LogP contribution in [0.4, 0.5) is 0 Å². The largest absolute Gasteiger partial charge is 0.393 e. The molecule has 1 saturated carbocycles. The molecular weight excluding hydrogens is 254 g/mol. The quantitative estimate of drug-likeness (QED) is 0.798. The number of rotatable bonds is 2. The highest BCUT2D eigenvalue weighted by Crippen LogP contribution is 2.19. The maximum Gasteiger partial charge on any atom is 0.270 e. The van der Waals surface area contributed by atoms with Gasteiger partial charge in [-0.15, -0.1) is 0 Å². The van der Waals surface area contributed by atoms with Gasteiger partial charge in [-0.3, -0.25) is 4.79 Å². The van der Waals surface area contributed by atoms with Crippen molar-refractivity contribution in [2.45, 2.75) is 44.8 Å². The molecule has 0 spiro atoms. The Morgan fingerprint density at radius 2 is 2.11 bits per heavy atom. The van der Waals surface area contributed by atoms with Crippen molar-refractivity contribution in [3.05, 3.63) is 22.7 Å². The standard InChI is InChI=1S/C12H16ClN3O2/c1-7-6-14-12(13)16-10(7)11(18)15-8-2-4-9(17)5-3-8/h6,8-9,17H,2-5H2,1H3,(H,15,18). The average molecular weight is 270 g/mol. The molecular formula is C12H16ClN3O2. The number of aliphatic hydroxyl groups excluding tert-OH is 1. The summed E-state index contributed by atoms with van der Waals surface area (Å²) < 4.78 is 0. The summed E-state index contributed by atoms with van der Waals surface area (Å²) in [6, 6.07) is 0.106. The molecule has 2 N–H and O–H groups in total. The summed E-state index contributed by atoms with van der Waals surface area (Å²) in [5.41, 5.74) is 1.02. The van der Waals surface area contributed by atoms with Crippen LogP contribution in [0.2, 0.25) is 5.28 Å². The fraction of sp³-hybridized carbons (Fsp3) is 0.583. The monoisotopic (exact) mass is 269 g/mol. The Morgan fingerprint density at radius 1 is 1.44 bits per heavy atom. The van der Waals surface area contributed by atoms with Gasteiger partial charge in [-0.2, -0.15) is 0 Å². The second-order valence-corrected chi connectivity index (χ2v) is 4.99. The molecule has 0 bridgehead atoms. The lowest BCUT2D eigenvalue weighted by atomic mass is 9.93. The molecule has 6 heteroatoms. The van der Waals surface area contributed by atoms with Crippen molar-refractivity contribution < 1.29 is 9.90 Å². The highest BCUT2D eigenvalue weighted by atomic mass is 35.5. The van der Waals surface area contributed by atoms with E-state index in [1.54, 1.807) is 6.92 Å². The van der Waals surface area contributed by atoms with E-state index >= 15 is 0 Å². The van der Waals surface area contributed by atoms with E-state index in [1.165, 1.54) is 6.20 Å². The van der Waals surface area contributed by atoms with E-state index in [4.69, 9.17) is 11.6 Å². The van der Waals surface area contributed by atoms with Crippen LogP contribution in [0.5, 0.6) is 0 Å². The van der Waals surface area contributed by atoms with Gasteiger partial charge in [0.25, 0.3) is 5.91 Å². The third-order valence-corrected chi connectivity index (χ3v) is 3.37. The second-order valence-electron chi connectivity index (χ2n) is 4.65. The van der Waals surface area contributed by atoms with E-state index in [9.17, 15) is 9.90 Å². The maximum atomic E-state index is 12.0. The molecule has 5 nitrogen and oxygen atoms in total. The summed E-state index contributed by atoms with van der Waals surface area (Å²) in [4.78, 5) is 19.8. The second kappa shape index (κ2) is 5.63. The molecule has 1 aromatic heterocycles. The van der Waals surface area contributed by atoms with Crippen LogP contribution >= 0.6 is 11.6 Å². The van der Waals surface area contributed by atoms with Gasteiger partial charge < -0.3 is 10.4 Å². The zero-order chi connectivity index (χ0) is 13.1. The Morgan fingerprint density at radius 3 is 2.78 bits per heavy atom. The molecule has 1 aliphatic carbocycles. The first-order chi connectivity index (χ1) is 8.56. The van der Waals surface area contributed by atoms with E-state index in [-0.39, 0.29) is 23.3 Å². The number of amides is 1. The highest BCUT2D eigenvalue weighted by molar-refractivity contribution is 6.28. The number of aliphatic hydroxyl groups is 1. The number of aromatic nitrogens is 2. The lowest BCUT2D eigenvalue weighted by Crippen LogP contribution is -2.39. The molecule has 1 aromatic rings. The van der Waals surface area contributed by atoms with Gasteiger partial charge in [-0.25, -0.2) is 9.97 Å². The van der Waals surface area contributed by atoms with Crippen molar-refractivity contribution in [3.63, 3.8) is 0 Å². The summed E-state index contributed by atoms with van der Waals surface area (Å²) in [6.45, 7) is 1.77. The van der Waals surface area contributed by atoms with Crippen molar-refractivity contribution >= 4 is 17.5 Å². The first-order valence-electron chi connectivity index (χ1n) is 6.04. The number of nitrogens with one attached hydrogen (secondary N) is 1. The van der Waals surface area contributed by atoms with E-state index < -0.39 is 0 Å². The van der Waals surface area contributed by atoms with Crippen molar-refractivity contribution in [2.75, 3.05) is 0 Å². The first-order valence-corrected chi connectivity index (χ1v) is 6.42. The van der Waals surface area contributed by atoms with Crippen LogP contribution in [0, 0.1) is 6.92 Å². The molecule has 0 radical (unpaired) electrons. The van der Waals surface area contributed by atoms with E-state index in [0.717, 1.165) is 25.7 Å². The van der Waals surface area contributed by atoms with Crippen LogP contribution in [0.25, 0.3) is 0 Å². The number of halogens is 1. The first kappa shape index (κ1) is 13.2. The summed E-state index contributed by atoms with van der Waals surface area (Å²) in [6.07, 6.45) is 4.36. The van der Waals surface area contributed by atoms with Gasteiger partial charge in [0.05, 0.1) is 6.10 Å². The highest BCUT2D eigenvalue weighted by Gasteiger charge is 2.22. The lowest BCUT2D eigenvalue weighted by molar-refractivity contribution is 0.0862. The normalized spacial score (nSPS) is 23.7. The SMILES string of the molecule is Cc1cnc(Cl)nc1C(=O)NC1CCC(O)CC1. The minimum Gasteiger partial charge on any atom is -0.393 e. The summed E-state index contributed by atoms with van der Waals surface area (Å²) in [5, 5.41) is 12.4. The number of hydrogen-bond acceptors (Lipinski definition) is 4. The maximum absolute atomic E-state index is 12.0. The van der Waals surface area contributed by atoms with Gasteiger partial charge in [0.2, 0.25) is 5.28 Å². The zero-order valence-electron chi connectivity index (χ0n) is 10.2. The summed E-state index contributed by atoms with van der Waals surface area (Å²) in [5.74, 6) is -0.224. The number of carbonyl (C=O) groups is 1. The minimum absolute atomic E-state index is 0.0739. The van der Waals surface area contributed by atoms with Crippen LogP contribution in [0.1, 0.15) is 41.7 Å².